The van der Waals surface area contributed by atoms with E-state index in [2.05, 4.69) is 0 Å². The summed E-state index contributed by atoms with van der Waals surface area (Å²) in [7, 11) is 2.87. The molecule has 0 bridgehead atoms. The van der Waals surface area contributed by atoms with Crippen LogP contribution >= 0.6 is 0 Å². The molecule has 0 aliphatic carbocycles. The number of carbonyl (C=O) groups is 1. The molecule has 1 atom stereocenters. The van der Waals surface area contributed by atoms with Crippen LogP contribution in [0.2, 0.25) is 0 Å². The van der Waals surface area contributed by atoms with Gasteiger partial charge in [0.2, 0.25) is 0 Å². The van der Waals surface area contributed by atoms with Crippen molar-refractivity contribution in [2.75, 3.05) is 14.2 Å². The molecular formula is C11H14O5. The van der Waals surface area contributed by atoms with E-state index in [4.69, 9.17) is 14.6 Å². The van der Waals surface area contributed by atoms with Crippen molar-refractivity contribution in [3.63, 3.8) is 0 Å². The van der Waals surface area contributed by atoms with E-state index >= 15 is 0 Å². The number of carboxylic acids is 1. The first kappa shape index (κ1) is 12.3. The van der Waals surface area contributed by atoms with Crippen LogP contribution in [0.1, 0.15) is 12.5 Å². The van der Waals surface area contributed by atoms with Gasteiger partial charge in [-0.15, -0.1) is 0 Å². The summed E-state index contributed by atoms with van der Waals surface area (Å²) in [5, 5.41) is 18.8. The smallest absolute Gasteiger partial charge is 0.340 e. The molecule has 88 valence electrons. The lowest BCUT2D eigenvalue weighted by Crippen LogP contribution is -2.32. The molecular weight excluding hydrogens is 212 g/mol. The van der Waals surface area contributed by atoms with E-state index in [0.29, 0.717) is 11.5 Å². The molecule has 1 unspecified atom stereocenters. The summed E-state index contributed by atoms with van der Waals surface area (Å²) in [5.41, 5.74) is -1.86. The topological polar surface area (TPSA) is 76.0 Å². The van der Waals surface area contributed by atoms with Crippen molar-refractivity contribution in [1.82, 2.24) is 0 Å². The SMILES string of the molecule is COc1ccc(OC)c(C(C)(O)C(=O)O)c1. The van der Waals surface area contributed by atoms with Crippen LogP contribution in [0.4, 0.5) is 0 Å². The van der Waals surface area contributed by atoms with E-state index in [-0.39, 0.29) is 5.56 Å². The molecule has 16 heavy (non-hydrogen) atoms. The van der Waals surface area contributed by atoms with Crippen LogP contribution in [0.15, 0.2) is 18.2 Å². The quantitative estimate of drug-likeness (QED) is 0.800. The summed E-state index contributed by atoms with van der Waals surface area (Å²) in [6.45, 7) is 1.19. The third-order valence-corrected chi connectivity index (χ3v) is 2.35. The summed E-state index contributed by atoms with van der Waals surface area (Å²) in [4.78, 5) is 10.9. The maximum Gasteiger partial charge on any atom is 0.340 e. The zero-order valence-corrected chi connectivity index (χ0v) is 9.35. The Morgan fingerprint density at radius 2 is 1.94 bits per heavy atom. The van der Waals surface area contributed by atoms with Crippen LogP contribution in [-0.4, -0.2) is 30.4 Å². The normalized spacial score (nSPS) is 14.0. The summed E-state index contributed by atoms with van der Waals surface area (Å²) >= 11 is 0. The van der Waals surface area contributed by atoms with Gasteiger partial charge in [-0.3, -0.25) is 0 Å². The van der Waals surface area contributed by atoms with E-state index in [1.54, 1.807) is 12.1 Å². The number of aliphatic carboxylic acids is 1. The molecule has 0 radical (unpaired) electrons. The maximum absolute atomic E-state index is 10.9. The minimum atomic E-state index is -2.01. The highest BCUT2D eigenvalue weighted by atomic mass is 16.5. The van der Waals surface area contributed by atoms with Gasteiger partial charge in [-0.25, -0.2) is 4.79 Å². The van der Waals surface area contributed by atoms with Crippen molar-refractivity contribution in [2.24, 2.45) is 0 Å². The van der Waals surface area contributed by atoms with Crippen LogP contribution in [0, 0.1) is 0 Å². The molecule has 5 nitrogen and oxygen atoms in total. The zero-order chi connectivity index (χ0) is 12.3. The van der Waals surface area contributed by atoms with Crippen LogP contribution in [0.25, 0.3) is 0 Å². The average Bonchev–Trinajstić information content (AvgIpc) is 2.27. The lowest BCUT2D eigenvalue weighted by Gasteiger charge is -2.21. The molecule has 0 saturated heterocycles. The van der Waals surface area contributed by atoms with Crippen molar-refractivity contribution in [3.8, 4) is 11.5 Å². The van der Waals surface area contributed by atoms with Gasteiger partial charge in [0.05, 0.1) is 14.2 Å². The zero-order valence-electron chi connectivity index (χ0n) is 9.35. The van der Waals surface area contributed by atoms with Gasteiger partial charge in [0, 0.05) is 5.56 Å². The molecule has 1 aromatic carbocycles. The van der Waals surface area contributed by atoms with Gasteiger partial charge < -0.3 is 19.7 Å². The molecule has 0 spiro atoms. The predicted octanol–water partition coefficient (Wildman–Crippen LogP) is 0.996. The Morgan fingerprint density at radius 1 is 1.31 bits per heavy atom. The first-order chi connectivity index (χ1) is 7.43. The average molecular weight is 226 g/mol. The largest absolute Gasteiger partial charge is 0.497 e. The van der Waals surface area contributed by atoms with Gasteiger partial charge in [0.25, 0.3) is 0 Å². The van der Waals surface area contributed by atoms with Crippen molar-refractivity contribution in [3.05, 3.63) is 23.8 Å². The molecule has 0 fully saturated rings. The number of hydrogen-bond acceptors (Lipinski definition) is 4. The lowest BCUT2D eigenvalue weighted by atomic mass is 9.95. The standard InChI is InChI=1S/C11H14O5/c1-11(14,10(12)13)8-6-7(15-2)4-5-9(8)16-3/h4-6,14H,1-3H3,(H,12,13). The van der Waals surface area contributed by atoms with Gasteiger partial charge in [-0.05, 0) is 25.1 Å². The first-order valence-electron chi connectivity index (χ1n) is 4.61. The fraction of sp³-hybridized carbons (Fsp3) is 0.364. The number of carboxylic acid groups (broad SMARTS) is 1. The monoisotopic (exact) mass is 226 g/mol. The summed E-state index contributed by atoms with van der Waals surface area (Å²) in [5.74, 6) is -0.593. The number of ether oxygens (including phenoxy) is 2. The van der Waals surface area contributed by atoms with Crippen molar-refractivity contribution in [2.45, 2.75) is 12.5 Å². The van der Waals surface area contributed by atoms with Crippen LogP contribution < -0.4 is 9.47 Å². The van der Waals surface area contributed by atoms with Crippen LogP contribution in [0.5, 0.6) is 11.5 Å². The highest BCUT2D eigenvalue weighted by molar-refractivity contribution is 5.80. The number of methoxy groups -OCH3 is 2. The Morgan fingerprint density at radius 3 is 2.38 bits per heavy atom. The lowest BCUT2D eigenvalue weighted by molar-refractivity contribution is -0.157. The van der Waals surface area contributed by atoms with Crippen molar-refractivity contribution >= 4 is 5.97 Å². The maximum atomic E-state index is 10.9. The number of benzene rings is 1. The number of rotatable bonds is 4. The van der Waals surface area contributed by atoms with Gasteiger partial charge in [-0.2, -0.15) is 0 Å². The van der Waals surface area contributed by atoms with Crippen molar-refractivity contribution in [1.29, 1.82) is 0 Å². The summed E-state index contributed by atoms with van der Waals surface area (Å²) in [6.07, 6.45) is 0. The first-order valence-corrected chi connectivity index (χ1v) is 4.61. The molecule has 0 heterocycles. The van der Waals surface area contributed by atoms with Gasteiger partial charge in [0.1, 0.15) is 11.5 Å². The van der Waals surface area contributed by atoms with E-state index in [0.717, 1.165) is 0 Å². The van der Waals surface area contributed by atoms with E-state index in [9.17, 15) is 9.90 Å². The third kappa shape index (κ3) is 2.09. The third-order valence-electron chi connectivity index (χ3n) is 2.35. The molecule has 0 amide bonds. The Labute approximate surface area is 93.2 Å². The van der Waals surface area contributed by atoms with E-state index in [1.165, 1.54) is 27.2 Å². The highest BCUT2D eigenvalue weighted by Gasteiger charge is 2.35. The Balaban J connectivity index is 3.34. The number of hydrogen-bond donors (Lipinski definition) is 2. The second-order valence-corrected chi connectivity index (χ2v) is 3.44. The van der Waals surface area contributed by atoms with Crippen LogP contribution in [-0.2, 0) is 10.4 Å². The Hall–Kier alpha value is -1.75. The molecule has 0 aromatic heterocycles. The second-order valence-electron chi connectivity index (χ2n) is 3.44. The highest BCUT2D eigenvalue weighted by Crippen LogP contribution is 2.33. The van der Waals surface area contributed by atoms with E-state index in [1.807, 2.05) is 0 Å². The molecule has 1 rings (SSSR count). The summed E-state index contributed by atoms with van der Waals surface area (Å²) < 4.78 is 9.97. The minimum Gasteiger partial charge on any atom is -0.497 e. The predicted molar refractivity (Wildman–Crippen MR) is 56.8 cm³/mol. The second kappa shape index (κ2) is 4.40. The molecule has 1 aromatic rings. The molecule has 0 aliphatic heterocycles. The Kier molecular flexibility index (Phi) is 3.39. The number of aliphatic hydroxyl groups is 1. The fourth-order valence-corrected chi connectivity index (χ4v) is 1.31. The molecule has 2 N–H and O–H groups in total. The van der Waals surface area contributed by atoms with E-state index < -0.39 is 11.6 Å². The molecule has 0 aliphatic rings. The molecule has 5 heteroatoms. The fourth-order valence-electron chi connectivity index (χ4n) is 1.31. The minimum absolute atomic E-state index is 0.154. The molecule has 0 saturated carbocycles. The van der Waals surface area contributed by atoms with Crippen molar-refractivity contribution < 1.29 is 24.5 Å². The van der Waals surface area contributed by atoms with Gasteiger partial charge >= 0.3 is 5.97 Å². The van der Waals surface area contributed by atoms with Gasteiger partial charge in [-0.1, -0.05) is 0 Å². The van der Waals surface area contributed by atoms with Crippen LogP contribution in [0.3, 0.4) is 0 Å². The Bertz CT molecular complexity index is 397. The summed E-state index contributed by atoms with van der Waals surface area (Å²) in [6, 6.07) is 4.61. The van der Waals surface area contributed by atoms with Gasteiger partial charge in [0.15, 0.2) is 5.60 Å².